The maximum atomic E-state index is 13.2. The quantitative estimate of drug-likeness (QED) is 0.410. The third-order valence-electron chi connectivity index (χ3n) is 3.43. The zero-order valence-electron chi connectivity index (χ0n) is 12.5. The third kappa shape index (κ3) is 3.43. The summed E-state index contributed by atoms with van der Waals surface area (Å²) in [5.74, 6) is -2.60. The number of H-pyrrole nitrogens is 1. The molecule has 1 heterocycles. The Labute approximate surface area is 143 Å². The maximum Gasteiger partial charge on any atom is 0.274 e. The van der Waals surface area contributed by atoms with E-state index in [-0.39, 0.29) is 22.5 Å². The molecule has 0 unspecified atom stereocenters. The van der Waals surface area contributed by atoms with Crippen LogP contribution in [0.25, 0.3) is 11.0 Å². The average molecular weight is 364 g/mol. The highest BCUT2D eigenvalue weighted by Crippen LogP contribution is 2.29. The number of amides is 1. The van der Waals surface area contributed by atoms with E-state index in [1.807, 2.05) is 0 Å². The van der Waals surface area contributed by atoms with E-state index in [9.17, 15) is 23.7 Å². The highest BCUT2D eigenvalue weighted by Gasteiger charge is 2.17. The Morgan fingerprint density at radius 2 is 2.00 bits per heavy atom. The number of aromatic amines is 1. The van der Waals surface area contributed by atoms with Crippen LogP contribution in [0.5, 0.6) is 0 Å². The molecular formula is C15H10F2N4O3S. The fourth-order valence-corrected chi connectivity index (χ4v) is 3.09. The minimum atomic E-state index is -1.01. The number of halogens is 2. The van der Waals surface area contributed by atoms with Gasteiger partial charge in [0, 0.05) is 35.1 Å². The van der Waals surface area contributed by atoms with Gasteiger partial charge in [0.15, 0.2) is 16.8 Å². The predicted molar refractivity (Wildman–Crippen MR) is 87.2 cm³/mol. The SMILES string of the molecule is NC(=O)c1ccc(CSc2nc3cc(F)c(F)cc3[nH]2)c([N+](=O)[O-])c1. The number of hydrogen-bond donors (Lipinski definition) is 2. The molecule has 0 saturated heterocycles. The van der Waals surface area contributed by atoms with Crippen molar-refractivity contribution in [3.8, 4) is 0 Å². The lowest BCUT2D eigenvalue weighted by molar-refractivity contribution is -0.385. The van der Waals surface area contributed by atoms with Crippen LogP contribution >= 0.6 is 11.8 Å². The molecule has 3 N–H and O–H groups in total. The molecule has 1 amide bonds. The van der Waals surface area contributed by atoms with Crippen LogP contribution in [0.15, 0.2) is 35.5 Å². The molecule has 0 aliphatic rings. The van der Waals surface area contributed by atoms with Crippen molar-refractivity contribution < 1.29 is 18.5 Å². The van der Waals surface area contributed by atoms with E-state index in [0.717, 1.165) is 30.0 Å². The van der Waals surface area contributed by atoms with E-state index < -0.39 is 22.5 Å². The Morgan fingerprint density at radius 1 is 1.28 bits per heavy atom. The van der Waals surface area contributed by atoms with Crippen molar-refractivity contribution in [1.82, 2.24) is 9.97 Å². The topological polar surface area (TPSA) is 115 Å². The number of fused-ring (bicyclic) bond motifs is 1. The van der Waals surface area contributed by atoms with Crippen LogP contribution in [0.3, 0.4) is 0 Å². The highest BCUT2D eigenvalue weighted by molar-refractivity contribution is 7.98. The molecule has 128 valence electrons. The summed E-state index contributed by atoms with van der Waals surface area (Å²) in [5, 5.41) is 11.5. The molecule has 0 saturated carbocycles. The number of nitrogens with two attached hydrogens (primary N) is 1. The van der Waals surface area contributed by atoms with Crippen molar-refractivity contribution in [2.24, 2.45) is 5.73 Å². The van der Waals surface area contributed by atoms with E-state index in [1.165, 1.54) is 12.1 Å². The Hall–Kier alpha value is -3.01. The number of nitro benzene ring substituents is 1. The molecule has 0 aliphatic carbocycles. The molecule has 3 aromatic rings. The van der Waals surface area contributed by atoms with Crippen LogP contribution in [0.2, 0.25) is 0 Å². The number of imidazole rings is 1. The minimum Gasteiger partial charge on any atom is -0.366 e. The van der Waals surface area contributed by atoms with E-state index in [0.29, 0.717) is 16.2 Å². The van der Waals surface area contributed by atoms with Crippen molar-refractivity contribution in [2.45, 2.75) is 10.9 Å². The summed E-state index contributed by atoms with van der Waals surface area (Å²) in [6.07, 6.45) is 0. The van der Waals surface area contributed by atoms with Gasteiger partial charge in [-0.3, -0.25) is 14.9 Å². The molecule has 0 bridgehead atoms. The number of aromatic nitrogens is 2. The lowest BCUT2D eigenvalue weighted by atomic mass is 10.1. The monoisotopic (exact) mass is 364 g/mol. The van der Waals surface area contributed by atoms with Gasteiger partial charge in [-0.2, -0.15) is 0 Å². The number of thioether (sulfide) groups is 1. The molecule has 0 spiro atoms. The maximum absolute atomic E-state index is 13.2. The van der Waals surface area contributed by atoms with Gasteiger partial charge in [0.2, 0.25) is 5.91 Å². The normalized spacial score (nSPS) is 11.0. The van der Waals surface area contributed by atoms with E-state index >= 15 is 0 Å². The summed E-state index contributed by atoms with van der Waals surface area (Å²) in [4.78, 5) is 28.6. The fourth-order valence-electron chi connectivity index (χ4n) is 2.21. The van der Waals surface area contributed by atoms with Gasteiger partial charge < -0.3 is 10.7 Å². The zero-order valence-corrected chi connectivity index (χ0v) is 13.3. The van der Waals surface area contributed by atoms with Crippen LogP contribution in [0, 0.1) is 21.7 Å². The van der Waals surface area contributed by atoms with E-state index in [2.05, 4.69) is 9.97 Å². The fraction of sp³-hybridized carbons (Fsp3) is 0.0667. The van der Waals surface area contributed by atoms with Crippen LogP contribution in [-0.2, 0) is 5.75 Å². The summed E-state index contributed by atoms with van der Waals surface area (Å²) in [7, 11) is 0. The van der Waals surface area contributed by atoms with Crippen LogP contribution in [0.4, 0.5) is 14.5 Å². The minimum absolute atomic E-state index is 0.0372. The molecule has 2 aromatic carbocycles. The molecule has 0 aliphatic heterocycles. The number of nitro groups is 1. The van der Waals surface area contributed by atoms with Crippen molar-refractivity contribution in [3.63, 3.8) is 0 Å². The molecule has 7 nitrogen and oxygen atoms in total. The Balaban J connectivity index is 1.86. The van der Waals surface area contributed by atoms with Gasteiger partial charge in [-0.05, 0) is 6.07 Å². The van der Waals surface area contributed by atoms with Gasteiger partial charge in [0.05, 0.1) is 16.0 Å². The van der Waals surface area contributed by atoms with Crippen molar-refractivity contribution in [2.75, 3.05) is 0 Å². The average Bonchev–Trinajstić information content (AvgIpc) is 2.94. The second-order valence-corrected chi connectivity index (χ2v) is 6.04. The summed E-state index contributed by atoms with van der Waals surface area (Å²) in [5.41, 5.74) is 5.85. The van der Waals surface area contributed by atoms with E-state index in [1.54, 1.807) is 0 Å². The molecule has 0 radical (unpaired) electrons. The van der Waals surface area contributed by atoms with Crippen molar-refractivity contribution >= 4 is 34.4 Å². The second-order valence-electron chi connectivity index (χ2n) is 5.08. The molecule has 25 heavy (non-hydrogen) atoms. The Kier molecular flexibility index (Phi) is 4.36. The zero-order chi connectivity index (χ0) is 18.1. The first kappa shape index (κ1) is 16.8. The number of carbonyl (C=O) groups is 1. The third-order valence-corrected chi connectivity index (χ3v) is 4.36. The second kappa shape index (κ2) is 6.48. The van der Waals surface area contributed by atoms with Crippen LogP contribution in [0.1, 0.15) is 15.9 Å². The molecule has 0 atom stereocenters. The van der Waals surface area contributed by atoms with E-state index in [4.69, 9.17) is 5.73 Å². The van der Waals surface area contributed by atoms with Gasteiger partial charge in [-0.15, -0.1) is 0 Å². The molecule has 1 aromatic heterocycles. The molecule has 0 fully saturated rings. The summed E-state index contributed by atoms with van der Waals surface area (Å²) >= 11 is 1.12. The van der Waals surface area contributed by atoms with Crippen LogP contribution in [-0.4, -0.2) is 20.8 Å². The van der Waals surface area contributed by atoms with Gasteiger partial charge in [-0.1, -0.05) is 17.8 Å². The number of rotatable bonds is 5. The molecular weight excluding hydrogens is 354 g/mol. The first-order chi connectivity index (χ1) is 11.8. The molecule has 10 heteroatoms. The largest absolute Gasteiger partial charge is 0.366 e. The standard InChI is InChI=1S/C15H10F2N4O3S/c16-9-4-11-12(5-10(9)17)20-15(19-11)25-6-8-2-1-7(14(18)22)3-13(8)21(23)24/h1-5H,6H2,(H2,18,22)(H,19,20). The number of primary amides is 1. The summed E-state index contributed by atoms with van der Waals surface area (Å²) in [6, 6.07) is 5.91. The van der Waals surface area contributed by atoms with Crippen molar-refractivity contribution in [3.05, 3.63) is 63.2 Å². The van der Waals surface area contributed by atoms with Gasteiger partial charge in [0.25, 0.3) is 5.69 Å². The highest BCUT2D eigenvalue weighted by atomic mass is 32.2. The number of carbonyl (C=O) groups excluding carboxylic acids is 1. The number of nitrogens with zero attached hydrogens (tertiary/aromatic N) is 2. The number of nitrogens with one attached hydrogen (secondary N) is 1. The van der Waals surface area contributed by atoms with Crippen molar-refractivity contribution in [1.29, 1.82) is 0 Å². The lowest BCUT2D eigenvalue weighted by Crippen LogP contribution is -2.11. The van der Waals surface area contributed by atoms with Gasteiger partial charge >= 0.3 is 0 Å². The Bertz CT molecular complexity index is 967. The summed E-state index contributed by atoms with van der Waals surface area (Å²) < 4.78 is 26.4. The predicted octanol–water partition coefficient (Wildman–Crippen LogP) is 3.14. The first-order valence-electron chi connectivity index (χ1n) is 6.90. The number of hydrogen-bond acceptors (Lipinski definition) is 5. The first-order valence-corrected chi connectivity index (χ1v) is 7.88. The van der Waals surface area contributed by atoms with Crippen LogP contribution < -0.4 is 5.73 Å². The summed E-state index contributed by atoms with van der Waals surface area (Å²) in [6.45, 7) is 0. The number of benzene rings is 2. The Morgan fingerprint density at radius 3 is 2.68 bits per heavy atom. The lowest BCUT2D eigenvalue weighted by Gasteiger charge is -2.03. The molecule has 3 rings (SSSR count). The van der Waals surface area contributed by atoms with Gasteiger partial charge in [0.1, 0.15) is 0 Å². The van der Waals surface area contributed by atoms with Gasteiger partial charge in [-0.25, -0.2) is 13.8 Å². The smallest absolute Gasteiger partial charge is 0.274 e.